The Labute approximate surface area is 116 Å². The van der Waals surface area contributed by atoms with Gasteiger partial charge in [0.1, 0.15) is 11.9 Å². The fraction of sp³-hybridized carbons (Fsp3) is 0.688. The first kappa shape index (κ1) is 14.3. The molecule has 0 bridgehead atoms. The molecule has 0 radical (unpaired) electrons. The summed E-state index contributed by atoms with van der Waals surface area (Å²) in [5.41, 5.74) is 2.14. The van der Waals surface area contributed by atoms with Gasteiger partial charge >= 0.3 is 0 Å². The molecule has 1 N–H and O–H groups in total. The molecule has 106 valence electrons. The largest absolute Gasteiger partial charge is 0.487 e. The Bertz CT molecular complexity index is 402. The third kappa shape index (κ3) is 4.50. The van der Waals surface area contributed by atoms with Crippen molar-refractivity contribution in [2.75, 3.05) is 6.54 Å². The van der Waals surface area contributed by atoms with Gasteiger partial charge in [0.25, 0.3) is 0 Å². The first-order valence-electron chi connectivity index (χ1n) is 7.59. The van der Waals surface area contributed by atoms with Gasteiger partial charge in [0.05, 0.1) is 5.69 Å². The predicted octanol–water partition coefficient (Wildman–Crippen LogP) is 3.25. The molecule has 1 heterocycles. The molecule has 1 fully saturated rings. The van der Waals surface area contributed by atoms with Gasteiger partial charge in [-0.2, -0.15) is 0 Å². The van der Waals surface area contributed by atoms with Crippen LogP contribution in [0.1, 0.15) is 50.9 Å². The summed E-state index contributed by atoms with van der Waals surface area (Å²) >= 11 is 0. The van der Waals surface area contributed by atoms with Crippen molar-refractivity contribution in [2.45, 2.75) is 65.0 Å². The smallest absolute Gasteiger partial charge is 0.141 e. The predicted molar refractivity (Wildman–Crippen MR) is 78.7 cm³/mol. The Morgan fingerprint density at radius 1 is 1.37 bits per heavy atom. The van der Waals surface area contributed by atoms with Crippen molar-refractivity contribution >= 4 is 0 Å². The summed E-state index contributed by atoms with van der Waals surface area (Å²) < 4.78 is 6.19. The highest BCUT2D eigenvalue weighted by molar-refractivity contribution is 5.29. The van der Waals surface area contributed by atoms with Gasteiger partial charge in [0.15, 0.2) is 0 Å². The summed E-state index contributed by atoms with van der Waals surface area (Å²) in [5.74, 6) is 0.962. The monoisotopic (exact) mass is 262 g/mol. The normalized spacial score (nSPS) is 16.4. The number of ether oxygens (including phenoxy) is 1. The number of nitrogens with zero attached hydrogens (tertiary/aromatic N) is 1. The number of pyridine rings is 1. The highest BCUT2D eigenvalue weighted by atomic mass is 16.5. The molecule has 1 atom stereocenters. The number of rotatable bonds is 8. The van der Waals surface area contributed by atoms with E-state index in [4.69, 9.17) is 4.74 Å². The van der Waals surface area contributed by atoms with Crippen molar-refractivity contribution < 1.29 is 4.74 Å². The second-order valence-corrected chi connectivity index (χ2v) is 5.46. The highest BCUT2D eigenvalue weighted by Crippen LogP contribution is 2.22. The number of aryl methyl sites for hydroxylation is 2. The molecular formula is C16H26N2O. The third-order valence-electron chi connectivity index (χ3n) is 3.52. The van der Waals surface area contributed by atoms with Crippen molar-refractivity contribution in [1.82, 2.24) is 10.3 Å². The molecule has 1 saturated carbocycles. The minimum atomic E-state index is 0.264. The summed E-state index contributed by atoms with van der Waals surface area (Å²) in [7, 11) is 0. The molecule has 3 nitrogen and oxygen atoms in total. The molecule has 1 aliphatic carbocycles. The van der Waals surface area contributed by atoms with Gasteiger partial charge in [-0.15, -0.1) is 0 Å². The summed E-state index contributed by atoms with van der Waals surface area (Å²) in [6.07, 6.45) is 6.08. The average molecular weight is 262 g/mol. The number of hydrogen-bond donors (Lipinski definition) is 1. The molecule has 1 aromatic rings. The Morgan fingerprint density at radius 3 is 2.79 bits per heavy atom. The third-order valence-corrected chi connectivity index (χ3v) is 3.52. The molecule has 1 aliphatic rings. The van der Waals surface area contributed by atoms with Crippen LogP contribution in [0.25, 0.3) is 0 Å². The van der Waals surface area contributed by atoms with Gasteiger partial charge in [-0.25, -0.2) is 0 Å². The molecule has 0 amide bonds. The average Bonchev–Trinajstić information content (AvgIpc) is 3.22. The Hall–Kier alpha value is -1.09. The van der Waals surface area contributed by atoms with Crippen LogP contribution in [0.4, 0.5) is 0 Å². The molecule has 0 saturated heterocycles. The van der Waals surface area contributed by atoms with E-state index in [1.165, 1.54) is 12.8 Å². The van der Waals surface area contributed by atoms with E-state index in [0.717, 1.165) is 49.0 Å². The zero-order valence-corrected chi connectivity index (χ0v) is 12.4. The lowest BCUT2D eigenvalue weighted by Gasteiger charge is -2.20. The van der Waals surface area contributed by atoms with Crippen LogP contribution in [0.15, 0.2) is 12.1 Å². The standard InChI is InChI=1S/C16H26N2O/c1-4-6-14(11-17-13-8-9-13)19-16-10-7-12(3)18-15(16)5-2/h7,10,13-14,17H,4-6,8-9,11H2,1-3H3. The molecule has 0 spiro atoms. The minimum absolute atomic E-state index is 0.264. The van der Waals surface area contributed by atoms with E-state index in [1.54, 1.807) is 0 Å². The first-order chi connectivity index (χ1) is 9.22. The van der Waals surface area contributed by atoms with Crippen LogP contribution in [0, 0.1) is 6.92 Å². The molecule has 2 rings (SSSR count). The van der Waals surface area contributed by atoms with Crippen molar-refractivity contribution in [1.29, 1.82) is 0 Å². The van der Waals surface area contributed by atoms with E-state index in [2.05, 4.69) is 30.2 Å². The van der Waals surface area contributed by atoms with Crippen molar-refractivity contribution in [3.05, 3.63) is 23.5 Å². The lowest BCUT2D eigenvalue weighted by Crippen LogP contribution is -2.32. The Kier molecular flexibility index (Phi) is 5.20. The molecule has 3 heteroatoms. The fourth-order valence-corrected chi connectivity index (χ4v) is 2.25. The van der Waals surface area contributed by atoms with Crippen LogP contribution in [0.5, 0.6) is 5.75 Å². The quantitative estimate of drug-likeness (QED) is 0.781. The van der Waals surface area contributed by atoms with Gasteiger partial charge in [-0.3, -0.25) is 4.98 Å². The van der Waals surface area contributed by atoms with E-state index in [9.17, 15) is 0 Å². The lowest BCUT2D eigenvalue weighted by atomic mass is 10.2. The summed E-state index contributed by atoms with van der Waals surface area (Å²) in [6, 6.07) is 4.84. The maximum atomic E-state index is 6.19. The first-order valence-corrected chi connectivity index (χ1v) is 7.59. The van der Waals surface area contributed by atoms with Crippen molar-refractivity contribution in [3.8, 4) is 5.75 Å². The van der Waals surface area contributed by atoms with E-state index in [-0.39, 0.29) is 6.10 Å². The van der Waals surface area contributed by atoms with Crippen LogP contribution in [-0.4, -0.2) is 23.7 Å². The Balaban J connectivity index is 1.97. The number of aromatic nitrogens is 1. The molecule has 1 aromatic heterocycles. The van der Waals surface area contributed by atoms with Crippen LogP contribution in [-0.2, 0) is 6.42 Å². The summed E-state index contributed by atoms with van der Waals surface area (Å²) in [6.45, 7) is 7.32. The fourth-order valence-electron chi connectivity index (χ4n) is 2.25. The van der Waals surface area contributed by atoms with E-state index in [1.807, 2.05) is 13.0 Å². The second kappa shape index (κ2) is 6.90. The minimum Gasteiger partial charge on any atom is -0.487 e. The summed E-state index contributed by atoms with van der Waals surface area (Å²) in [4.78, 5) is 4.57. The highest BCUT2D eigenvalue weighted by Gasteiger charge is 2.22. The maximum Gasteiger partial charge on any atom is 0.141 e. The van der Waals surface area contributed by atoms with Crippen LogP contribution >= 0.6 is 0 Å². The van der Waals surface area contributed by atoms with Crippen LogP contribution in [0.2, 0.25) is 0 Å². The number of hydrogen-bond acceptors (Lipinski definition) is 3. The Morgan fingerprint density at radius 2 is 2.16 bits per heavy atom. The maximum absolute atomic E-state index is 6.19. The SMILES string of the molecule is CCCC(CNC1CC1)Oc1ccc(C)nc1CC. The molecule has 0 aromatic carbocycles. The van der Waals surface area contributed by atoms with Crippen molar-refractivity contribution in [3.63, 3.8) is 0 Å². The molecule has 19 heavy (non-hydrogen) atoms. The lowest BCUT2D eigenvalue weighted by molar-refractivity contribution is 0.183. The van der Waals surface area contributed by atoms with Gasteiger partial charge in [0.2, 0.25) is 0 Å². The van der Waals surface area contributed by atoms with Gasteiger partial charge in [-0.1, -0.05) is 20.3 Å². The van der Waals surface area contributed by atoms with Gasteiger partial charge in [0, 0.05) is 18.3 Å². The molecular weight excluding hydrogens is 236 g/mol. The van der Waals surface area contributed by atoms with Crippen molar-refractivity contribution in [2.24, 2.45) is 0 Å². The van der Waals surface area contributed by atoms with Gasteiger partial charge in [-0.05, 0) is 44.7 Å². The molecule has 1 unspecified atom stereocenters. The van der Waals surface area contributed by atoms with E-state index in [0.29, 0.717) is 0 Å². The molecule has 0 aliphatic heterocycles. The van der Waals surface area contributed by atoms with E-state index >= 15 is 0 Å². The number of nitrogens with one attached hydrogen (secondary N) is 1. The van der Waals surface area contributed by atoms with Gasteiger partial charge < -0.3 is 10.1 Å². The zero-order valence-electron chi connectivity index (χ0n) is 12.4. The summed E-state index contributed by atoms with van der Waals surface area (Å²) in [5, 5.41) is 3.57. The topological polar surface area (TPSA) is 34.1 Å². The van der Waals surface area contributed by atoms with E-state index < -0.39 is 0 Å². The van der Waals surface area contributed by atoms with Crippen LogP contribution in [0.3, 0.4) is 0 Å². The second-order valence-electron chi connectivity index (χ2n) is 5.46. The zero-order chi connectivity index (χ0) is 13.7. The van der Waals surface area contributed by atoms with Crippen LogP contribution < -0.4 is 10.1 Å².